The van der Waals surface area contributed by atoms with Crippen LogP contribution >= 0.6 is 19.8 Å². The van der Waals surface area contributed by atoms with Crippen molar-refractivity contribution in [3.63, 3.8) is 0 Å². The summed E-state index contributed by atoms with van der Waals surface area (Å²) in [6.45, 7) is 4.11. The van der Waals surface area contributed by atoms with Gasteiger partial charge in [0.15, 0.2) is 0 Å². The number of halogens is 1. The summed E-state index contributed by atoms with van der Waals surface area (Å²) in [4.78, 5) is 10.4. The van der Waals surface area contributed by atoms with Gasteiger partial charge < -0.3 is 11.2 Å². The number of ether oxygens (including phenoxy) is 1. The second-order valence-corrected chi connectivity index (χ2v) is 1.42. The molecule has 0 saturated heterocycles. The third-order valence-corrected chi connectivity index (χ3v) is 0.676. The van der Waals surface area contributed by atoms with E-state index in [-0.39, 0.29) is 5.97 Å². The first-order valence-electron chi connectivity index (χ1n) is 3.01. The van der Waals surface area contributed by atoms with Crippen LogP contribution in [0.5, 0.6) is 0 Å². The van der Waals surface area contributed by atoms with Crippen molar-refractivity contribution in [3.8, 4) is 0 Å². The zero-order valence-electron chi connectivity index (χ0n) is 6.39. The van der Waals surface area contributed by atoms with Gasteiger partial charge >= 0.3 is 34.5 Å². The Morgan fingerprint density at radius 3 is 2.50 bits per heavy atom. The number of esters is 1. The summed E-state index contributed by atoms with van der Waals surface area (Å²) in [5.41, 5.74) is 0. The Morgan fingerprint density at radius 2 is 2.20 bits per heavy atom. The average Bonchev–Trinajstić information content (AvgIpc) is 1.93. The molecule has 0 heterocycles. The van der Waals surface area contributed by atoms with E-state index in [1.165, 1.54) is 14.8 Å². The Labute approximate surface area is 82.9 Å². The monoisotopic (exact) mass is 306 g/mol. The first-order valence-corrected chi connectivity index (χ1v) is 12.1. The van der Waals surface area contributed by atoms with E-state index in [1.807, 2.05) is 6.92 Å². The van der Waals surface area contributed by atoms with E-state index in [1.54, 1.807) is 13.3 Å². The van der Waals surface area contributed by atoms with Gasteiger partial charge in [0, 0.05) is 0 Å². The summed E-state index contributed by atoms with van der Waals surface area (Å²) < 4.78 is 4.61. The molecule has 0 atom stereocenters. The predicted molar refractivity (Wildman–Crippen MR) is 45.2 cm³/mol. The van der Waals surface area contributed by atoms with Crippen molar-refractivity contribution in [2.75, 3.05) is 6.61 Å². The zero-order chi connectivity index (χ0) is 8.41. The van der Waals surface area contributed by atoms with Gasteiger partial charge in [-0.15, -0.1) is 0 Å². The van der Waals surface area contributed by atoms with Gasteiger partial charge in [0.25, 0.3) is 5.97 Å². The molecular formula is C6H11IO2Zn. The summed E-state index contributed by atoms with van der Waals surface area (Å²) in [6, 6.07) is 0. The minimum absolute atomic E-state index is 0.144. The van der Waals surface area contributed by atoms with Gasteiger partial charge in [-0.25, -0.2) is 0 Å². The molecule has 0 amide bonds. The molecule has 0 bridgehead atoms. The Morgan fingerprint density at radius 1 is 1.70 bits per heavy atom. The van der Waals surface area contributed by atoms with Crippen LogP contribution in [0.2, 0.25) is 0 Å². The number of carbonyl (C=O) groups is 1. The molecule has 10 heavy (non-hydrogen) atoms. The topological polar surface area (TPSA) is 26.3 Å². The summed E-state index contributed by atoms with van der Waals surface area (Å²) >= 11 is 3.62. The van der Waals surface area contributed by atoms with Crippen LogP contribution in [0, 0.1) is 6.42 Å². The minimum atomic E-state index is -0.144. The van der Waals surface area contributed by atoms with Gasteiger partial charge in [-0.2, -0.15) is 6.92 Å². The summed E-state index contributed by atoms with van der Waals surface area (Å²) in [7, 11) is 0. The first kappa shape index (κ1) is 13.4. The molecule has 0 N–H and O–H groups in total. The fourth-order valence-electron chi connectivity index (χ4n) is 0.387. The van der Waals surface area contributed by atoms with Gasteiger partial charge in [0.05, 0.1) is 6.61 Å². The van der Waals surface area contributed by atoms with E-state index in [9.17, 15) is 4.79 Å². The number of rotatable bonds is 3. The quantitative estimate of drug-likeness (QED) is 0.345. The zero-order valence-corrected chi connectivity index (χ0v) is 11.5. The molecule has 0 radical (unpaired) electrons. The molecule has 0 aromatic carbocycles. The Balaban J connectivity index is 0. The molecule has 0 fully saturated rings. The summed E-state index contributed by atoms with van der Waals surface area (Å²) in [6.07, 6.45) is 2.20. The molecule has 2 nitrogen and oxygen atoms in total. The van der Waals surface area contributed by atoms with E-state index in [4.69, 9.17) is 0 Å². The molecule has 0 spiro atoms. The summed E-state index contributed by atoms with van der Waals surface area (Å²) in [5, 5.41) is 0. The van der Waals surface area contributed by atoms with Crippen molar-refractivity contribution in [2.45, 2.75) is 20.3 Å². The van der Waals surface area contributed by atoms with E-state index in [2.05, 4.69) is 24.5 Å². The van der Waals surface area contributed by atoms with Crippen LogP contribution in [0.3, 0.4) is 0 Å². The first-order chi connectivity index (χ1) is 4.81. The van der Waals surface area contributed by atoms with Crippen LogP contribution in [-0.2, 0) is 24.3 Å². The fraction of sp³-hybridized carbons (Fsp3) is 0.667. The third-order valence-electron chi connectivity index (χ3n) is 0.676. The van der Waals surface area contributed by atoms with Gasteiger partial charge in [-0.05, 0) is 6.92 Å². The van der Waals surface area contributed by atoms with Gasteiger partial charge in [-0.1, -0.05) is 6.42 Å². The molecule has 0 aromatic rings. The molecule has 0 aliphatic carbocycles. The van der Waals surface area contributed by atoms with Crippen LogP contribution in [0.1, 0.15) is 20.3 Å². The second-order valence-electron chi connectivity index (χ2n) is 1.42. The predicted octanol–water partition coefficient (Wildman–Crippen LogP) is 2.05. The molecule has 56 valence electrons. The van der Waals surface area contributed by atoms with Crippen LogP contribution in [0.15, 0.2) is 0 Å². The third kappa shape index (κ3) is 11.6. The van der Waals surface area contributed by atoms with E-state index < -0.39 is 0 Å². The normalized spacial score (nSPS) is 7.70. The van der Waals surface area contributed by atoms with Crippen LogP contribution < -0.4 is 0 Å². The molecule has 0 aliphatic heterocycles. The maximum atomic E-state index is 10.4. The number of hydrogen-bond donors (Lipinski definition) is 0. The molecular weight excluding hydrogens is 296 g/mol. The molecule has 0 aliphatic rings. The fourth-order valence-corrected chi connectivity index (χ4v) is 0.387. The van der Waals surface area contributed by atoms with Crippen LogP contribution in [0.25, 0.3) is 0 Å². The number of hydrogen-bond acceptors (Lipinski definition) is 2. The Bertz CT molecular complexity index is 70.1. The molecule has 0 rings (SSSR count). The van der Waals surface area contributed by atoms with Crippen molar-refractivity contribution in [3.05, 3.63) is 6.42 Å². The van der Waals surface area contributed by atoms with E-state index in [0.29, 0.717) is 13.0 Å². The van der Waals surface area contributed by atoms with Crippen molar-refractivity contribution in [1.29, 1.82) is 0 Å². The van der Waals surface area contributed by atoms with Crippen molar-refractivity contribution < 1.29 is 24.3 Å². The molecule has 0 aromatic heterocycles. The summed E-state index contributed by atoms with van der Waals surface area (Å²) in [5.74, 6) is -0.144. The van der Waals surface area contributed by atoms with Gasteiger partial charge in [0.2, 0.25) is 0 Å². The van der Waals surface area contributed by atoms with E-state index >= 15 is 0 Å². The van der Waals surface area contributed by atoms with E-state index in [0.717, 1.165) is 0 Å². The Hall–Kier alpha value is 0.823. The van der Waals surface area contributed by atoms with Crippen LogP contribution in [0.4, 0.5) is 0 Å². The van der Waals surface area contributed by atoms with Crippen molar-refractivity contribution >= 4 is 25.7 Å². The molecule has 0 unspecified atom stereocenters. The maximum absolute atomic E-state index is 10.4. The van der Waals surface area contributed by atoms with Crippen molar-refractivity contribution in [1.82, 2.24) is 0 Å². The van der Waals surface area contributed by atoms with Crippen molar-refractivity contribution in [2.24, 2.45) is 0 Å². The SMILES string of the molecule is C[CH-]CC(=O)OCC.[Zn+][I]. The second kappa shape index (κ2) is 12.5. The average molecular weight is 307 g/mol. The Kier molecular flexibility index (Phi) is 16.8. The van der Waals surface area contributed by atoms with Gasteiger partial charge in [0.1, 0.15) is 0 Å². The standard InChI is InChI=1S/C6H11O2.HI.Zn/c1-3-5-6(7)8-4-2;;/h3H,4-5H2,1-2H3;1H;/q-1;;+2/p-1. The van der Waals surface area contributed by atoms with Crippen LogP contribution in [-0.4, -0.2) is 12.6 Å². The van der Waals surface area contributed by atoms with Gasteiger partial charge in [-0.3, -0.25) is 4.79 Å². The molecule has 0 saturated carbocycles. The number of carbonyl (C=O) groups excluding carboxylic acids is 1. The molecule has 4 heteroatoms.